The van der Waals surface area contributed by atoms with Crippen molar-refractivity contribution >= 4 is 65.3 Å². The lowest BCUT2D eigenvalue weighted by atomic mass is 9.51. The van der Waals surface area contributed by atoms with Gasteiger partial charge in [-0.25, -0.2) is 0 Å². The quantitative estimate of drug-likeness (QED) is 0.165. The van der Waals surface area contributed by atoms with E-state index in [2.05, 4.69) is 184 Å². The molecule has 3 heteroatoms. The molecular weight excluding hydrogens is 687 g/mol. The van der Waals surface area contributed by atoms with Gasteiger partial charge in [-0.3, -0.25) is 0 Å². The predicted molar refractivity (Wildman–Crippen MR) is 231 cm³/mol. The minimum atomic E-state index is -0.475. The van der Waals surface area contributed by atoms with Gasteiger partial charge in [0.2, 0.25) is 0 Å². The van der Waals surface area contributed by atoms with Gasteiger partial charge in [-0.05, 0) is 93.1 Å². The van der Waals surface area contributed by atoms with Crippen LogP contribution in [-0.2, 0) is 11.0 Å². The number of nitrogens with zero attached hydrogens (tertiary/aromatic N) is 1. The molecular formula is C52H39NOS. The summed E-state index contributed by atoms with van der Waals surface area (Å²) in [5, 5.41) is 7.55. The van der Waals surface area contributed by atoms with Crippen LogP contribution in [0.4, 0.5) is 11.4 Å². The molecule has 2 aromatic heterocycles. The fourth-order valence-corrected chi connectivity index (χ4v) is 12.8. The van der Waals surface area contributed by atoms with Gasteiger partial charge in [0.25, 0.3) is 0 Å². The molecule has 3 aliphatic rings. The summed E-state index contributed by atoms with van der Waals surface area (Å²) in [5.41, 5.74) is 12.2. The highest BCUT2D eigenvalue weighted by Crippen LogP contribution is 2.70. The first-order valence-corrected chi connectivity index (χ1v) is 20.4. The maximum absolute atomic E-state index is 7.23. The Balaban J connectivity index is 1.18. The summed E-state index contributed by atoms with van der Waals surface area (Å²) < 4.78 is 8.58. The van der Waals surface area contributed by atoms with Gasteiger partial charge in [-0.1, -0.05) is 141 Å². The number of hydrogen-bond donors (Lipinski definition) is 0. The third-order valence-corrected chi connectivity index (χ3v) is 15.0. The first-order chi connectivity index (χ1) is 26.9. The number of anilines is 2. The van der Waals surface area contributed by atoms with Gasteiger partial charge in [0.15, 0.2) is 0 Å². The van der Waals surface area contributed by atoms with Gasteiger partial charge in [0.1, 0.15) is 11.3 Å². The smallest absolute Gasteiger partial charge is 0.142 e. The molecule has 4 atom stereocenters. The normalized spacial score (nSPS) is 22.6. The highest BCUT2D eigenvalue weighted by molar-refractivity contribution is 7.19. The van der Waals surface area contributed by atoms with Crippen molar-refractivity contribution in [3.8, 4) is 11.1 Å². The minimum Gasteiger partial charge on any atom is -0.459 e. The number of hydrogen-bond acceptors (Lipinski definition) is 3. The Hall–Kier alpha value is -5.90. The average Bonchev–Trinajstić information content (AvgIpc) is 3.83. The van der Waals surface area contributed by atoms with Crippen LogP contribution in [0.25, 0.3) is 53.7 Å². The van der Waals surface area contributed by atoms with Crippen molar-refractivity contribution in [3.05, 3.63) is 190 Å². The van der Waals surface area contributed by atoms with Crippen LogP contribution in [0.3, 0.4) is 0 Å². The summed E-state index contributed by atoms with van der Waals surface area (Å²) in [6, 6.07) is 56.3. The van der Waals surface area contributed by atoms with Crippen LogP contribution in [0.2, 0.25) is 0 Å². The third-order valence-electron chi connectivity index (χ3n) is 13.6. The van der Waals surface area contributed by atoms with E-state index in [0.29, 0.717) is 0 Å². The van der Waals surface area contributed by atoms with E-state index in [1.54, 1.807) is 0 Å². The van der Waals surface area contributed by atoms with Crippen molar-refractivity contribution in [2.45, 2.75) is 50.5 Å². The molecule has 12 rings (SSSR count). The molecule has 9 aromatic rings. The Morgan fingerprint density at radius 2 is 1.27 bits per heavy atom. The first kappa shape index (κ1) is 31.5. The number of allylic oxidation sites excluding steroid dienone is 1. The van der Waals surface area contributed by atoms with Gasteiger partial charge < -0.3 is 9.32 Å². The highest BCUT2D eigenvalue weighted by Gasteiger charge is 2.62. The number of rotatable bonds is 2. The number of furan rings is 1. The molecule has 0 N–H and O–H groups in total. The van der Waals surface area contributed by atoms with Crippen LogP contribution in [0.5, 0.6) is 0 Å². The van der Waals surface area contributed by atoms with Crippen molar-refractivity contribution in [1.29, 1.82) is 0 Å². The molecule has 1 aliphatic heterocycles. The molecule has 264 valence electrons. The fourth-order valence-electron chi connectivity index (χ4n) is 11.4. The Kier molecular flexibility index (Phi) is 6.21. The number of thiophene rings is 1. The second-order valence-electron chi connectivity index (χ2n) is 16.2. The summed E-state index contributed by atoms with van der Waals surface area (Å²) in [7, 11) is 0. The van der Waals surface area contributed by atoms with Crippen molar-refractivity contribution in [2.24, 2.45) is 0 Å². The largest absolute Gasteiger partial charge is 0.459 e. The summed E-state index contributed by atoms with van der Waals surface area (Å²) >= 11 is 1.99. The summed E-state index contributed by atoms with van der Waals surface area (Å²) in [6.07, 6.45) is 0. The van der Waals surface area contributed by atoms with E-state index < -0.39 is 11.0 Å². The van der Waals surface area contributed by atoms with Gasteiger partial charge in [0, 0.05) is 54.5 Å². The summed E-state index contributed by atoms with van der Waals surface area (Å²) in [4.78, 5) is 4.15. The van der Waals surface area contributed by atoms with E-state index in [1.807, 2.05) is 11.3 Å². The Morgan fingerprint density at radius 1 is 0.600 bits per heavy atom. The molecule has 2 aliphatic carbocycles. The average molecular weight is 726 g/mol. The maximum atomic E-state index is 7.23. The number of para-hydroxylation sites is 1. The second kappa shape index (κ2) is 10.9. The van der Waals surface area contributed by atoms with E-state index in [9.17, 15) is 0 Å². The lowest BCUT2D eigenvalue weighted by Gasteiger charge is -2.60. The Morgan fingerprint density at radius 3 is 2.09 bits per heavy atom. The van der Waals surface area contributed by atoms with Crippen molar-refractivity contribution in [1.82, 2.24) is 0 Å². The molecule has 0 saturated heterocycles. The fraction of sp³-hybridized carbons (Fsp3) is 0.154. The molecule has 7 aromatic carbocycles. The molecule has 0 fully saturated rings. The highest BCUT2D eigenvalue weighted by atomic mass is 32.1. The minimum absolute atomic E-state index is 0.103. The molecule has 0 spiro atoms. The van der Waals surface area contributed by atoms with Crippen LogP contribution in [0.1, 0.15) is 66.9 Å². The lowest BCUT2D eigenvalue weighted by Crippen LogP contribution is -2.56. The van der Waals surface area contributed by atoms with Crippen LogP contribution in [0.15, 0.2) is 167 Å². The van der Waals surface area contributed by atoms with Gasteiger partial charge in [0.05, 0.1) is 5.54 Å². The van der Waals surface area contributed by atoms with Gasteiger partial charge >= 0.3 is 0 Å². The van der Waals surface area contributed by atoms with Gasteiger partial charge in [-0.15, -0.1) is 11.3 Å². The summed E-state index contributed by atoms with van der Waals surface area (Å²) in [6.45, 7) is 9.92. The van der Waals surface area contributed by atoms with E-state index in [0.717, 1.165) is 11.3 Å². The van der Waals surface area contributed by atoms with Crippen LogP contribution in [0, 0.1) is 0 Å². The number of benzene rings is 7. The SMILES string of the molecule is CC1C2=C3C(C)(c4ccccc4N(c4ccc(-c5cccc6ccccc56)cc4)C3(C)c3sc4ccccc4c3C2C)c2c1oc1c2ccc2ccccc21. The van der Waals surface area contributed by atoms with E-state index >= 15 is 0 Å². The molecule has 3 heterocycles. The lowest BCUT2D eigenvalue weighted by molar-refractivity contribution is 0.390. The van der Waals surface area contributed by atoms with Crippen LogP contribution < -0.4 is 4.90 Å². The van der Waals surface area contributed by atoms with Crippen molar-refractivity contribution < 1.29 is 4.42 Å². The standard InChI is InChI=1S/C52H39NOS/c1-30-44-31(2)47-46(40-29-26-33-15-6-8-18-38(33)48(40)54-47)51(3)41-21-10-11-22-42(41)53(52(4,49(44)51)50-45(30)39-19-9-12-23-43(39)55-50)35-27-24-34(25-28-35)37-20-13-16-32-14-5-7-17-36(32)37/h5-31H,1-4H3. The second-order valence-corrected chi connectivity index (χ2v) is 17.3. The predicted octanol–water partition coefficient (Wildman–Crippen LogP) is 14.5. The molecule has 0 radical (unpaired) electrons. The monoisotopic (exact) mass is 725 g/mol. The topological polar surface area (TPSA) is 16.4 Å². The Bertz CT molecular complexity index is 3120. The van der Waals surface area contributed by atoms with Crippen LogP contribution in [-0.4, -0.2) is 0 Å². The summed E-state index contributed by atoms with van der Waals surface area (Å²) in [5.74, 6) is 1.45. The molecule has 0 saturated carbocycles. The molecule has 0 amide bonds. The van der Waals surface area contributed by atoms with E-state index in [1.165, 1.54) is 92.2 Å². The molecule has 4 unspecified atom stereocenters. The maximum Gasteiger partial charge on any atom is 0.142 e. The Labute approximate surface area is 325 Å². The van der Waals surface area contributed by atoms with E-state index in [-0.39, 0.29) is 11.8 Å². The van der Waals surface area contributed by atoms with Crippen molar-refractivity contribution in [3.63, 3.8) is 0 Å². The molecule has 55 heavy (non-hydrogen) atoms. The number of fused-ring (bicyclic) bond motifs is 13. The van der Waals surface area contributed by atoms with Crippen LogP contribution >= 0.6 is 11.3 Å². The molecule has 0 bridgehead atoms. The van der Waals surface area contributed by atoms with Crippen molar-refractivity contribution in [2.75, 3.05) is 4.90 Å². The first-order valence-electron chi connectivity index (χ1n) is 19.6. The third kappa shape index (κ3) is 3.84. The van der Waals surface area contributed by atoms with Gasteiger partial charge in [-0.2, -0.15) is 0 Å². The zero-order valence-electron chi connectivity index (χ0n) is 31.4. The molecule has 2 nitrogen and oxygen atoms in total. The van der Waals surface area contributed by atoms with E-state index in [4.69, 9.17) is 4.42 Å². The zero-order chi connectivity index (χ0) is 36.8. The zero-order valence-corrected chi connectivity index (χ0v) is 32.2.